The van der Waals surface area contributed by atoms with Crippen molar-refractivity contribution in [2.45, 2.75) is 43.4 Å². The van der Waals surface area contributed by atoms with Crippen molar-refractivity contribution in [1.82, 2.24) is 15.0 Å². The lowest BCUT2D eigenvalue weighted by Crippen LogP contribution is -2.17. The second-order valence-corrected chi connectivity index (χ2v) is 6.07. The summed E-state index contributed by atoms with van der Waals surface area (Å²) in [6, 6.07) is 1.91. The second kappa shape index (κ2) is 5.61. The lowest BCUT2D eigenvalue weighted by molar-refractivity contribution is 0.453. The Bertz CT molecular complexity index is 534. The quantitative estimate of drug-likeness (QED) is 0.865. The first kappa shape index (κ1) is 13.9. The molecule has 0 aromatic carbocycles. The van der Waals surface area contributed by atoms with Gasteiger partial charge in [0.2, 0.25) is 0 Å². The third kappa shape index (κ3) is 3.70. The molecule has 0 unspecified atom stereocenters. The van der Waals surface area contributed by atoms with Gasteiger partial charge in [-0.3, -0.25) is 0 Å². The Kier molecular flexibility index (Phi) is 4.09. The third-order valence-electron chi connectivity index (χ3n) is 2.33. The van der Waals surface area contributed by atoms with E-state index in [-0.39, 0.29) is 5.41 Å². The summed E-state index contributed by atoms with van der Waals surface area (Å²) in [5.74, 6) is 1.64. The van der Waals surface area contributed by atoms with Crippen LogP contribution in [0.3, 0.4) is 0 Å². The number of rotatable bonds is 4. The summed E-state index contributed by atoms with van der Waals surface area (Å²) in [5, 5.41) is 4.64. The summed E-state index contributed by atoms with van der Waals surface area (Å²) in [6.45, 7) is 9.15. The van der Waals surface area contributed by atoms with Gasteiger partial charge in [-0.2, -0.15) is 0 Å². The van der Waals surface area contributed by atoms with Crippen LogP contribution in [0, 0.1) is 0 Å². The smallest absolute Gasteiger partial charge is 0.261 e. The van der Waals surface area contributed by atoms with Crippen molar-refractivity contribution in [3.8, 4) is 0 Å². The van der Waals surface area contributed by atoms with Gasteiger partial charge in [-0.1, -0.05) is 20.8 Å². The first-order chi connectivity index (χ1) is 8.99. The highest BCUT2D eigenvalue weighted by atomic mass is 32.2. The van der Waals surface area contributed by atoms with E-state index in [1.54, 1.807) is 12.5 Å². The Morgan fingerprint density at radius 2 is 2.11 bits per heavy atom. The van der Waals surface area contributed by atoms with Crippen LogP contribution in [-0.2, 0) is 5.41 Å². The average Bonchev–Trinajstić information content (AvgIpc) is 2.81. The zero-order chi connectivity index (χ0) is 13.9. The molecule has 0 saturated heterocycles. The van der Waals surface area contributed by atoms with Gasteiger partial charge in [0, 0.05) is 18.0 Å². The Morgan fingerprint density at radius 3 is 2.68 bits per heavy atom. The van der Waals surface area contributed by atoms with E-state index in [9.17, 15) is 0 Å². The van der Waals surface area contributed by atoms with Gasteiger partial charge in [-0.25, -0.2) is 15.0 Å². The van der Waals surface area contributed by atoms with Gasteiger partial charge in [-0.05, 0) is 18.7 Å². The van der Waals surface area contributed by atoms with E-state index in [1.807, 2.05) is 13.0 Å². The van der Waals surface area contributed by atoms with E-state index >= 15 is 0 Å². The Balaban J connectivity index is 2.34. The standard InChI is InChI=1S/C13H18N4OS/c1-5-14-9-8-10(19-12-15-6-7-18-12)17-11(16-9)13(2,3)4/h6-8H,5H2,1-4H3,(H,14,16,17). The molecule has 0 amide bonds. The first-order valence-corrected chi connectivity index (χ1v) is 7.01. The summed E-state index contributed by atoms with van der Waals surface area (Å²) in [5.41, 5.74) is -0.0999. The molecule has 0 aliphatic heterocycles. The average molecular weight is 278 g/mol. The number of hydrogen-bond acceptors (Lipinski definition) is 6. The van der Waals surface area contributed by atoms with Crippen molar-refractivity contribution in [2.24, 2.45) is 0 Å². The van der Waals surface area contributed by atoms with Gasteiger partial charge in [-0.15, -0.1) is 0 Å². The van der Waals surface area contributed by atoms with E-state index < -0.39 is 0 Å². The molecule has 0 aliphatic carbocycles. The molecule has 1 N–H and O–H groups in total. The Hall–Kier alpha value is -1.56. The molecule has 0 atom stereocenters. The molecule has 0 aliphatic rings. The number of aromatic nitrogens is 3. The SMILES string of the molecule is CCNc1cc(Sc2ncco2)nc(C(C)(C)C)n1. The van der Waals surface area contributed by atoms with Crippen molar-refractivity contribution in [1.29, 1.82) is 0 Å². The second-order valence-electron chi connectivity index (χ2n) is 5.10. The Labute approximate surface area is 117 Å². The molecular formula is C13H18N4OS. The summed E-state index contributed by atoms with van der Waals surface area (Å²) in [6.07, 6.45) is 3.18. The van der Waals surface area contributed by atoms with Crippen LogP contribution in [0.15, 0.2) is 33.2 Å². The van der Waals surface area contributed by atoms with Crippen LogP contribution in [0.25, 0.3) is 0 Å². The summed E-state index contributed by atoms with van der Waals surface area (Å²) in [4.78, 5) is 13.2. The van der Waals surface area contributed by atoms with Gasteiger partial charge < -0.3 is 9.73 Å². The molecule has 0 radical (unpaired) electrons. The van der Waals surface area contributed by atoms with E-state index in [0.717, 1.165) is 23.2 Å². The van der Waals surface area contributed by atoms with Crippen molar-refractivity contribution in [3.63, 3.8) is 0 Å². The highest BCUT2D eigenvalue weighted by molar-refractivity contribution is 7.99. The maximum absolute atomic E-state index is 5.23. The van der Waals surface area contributed by atoms with Crippen LogP contribution in [0.4, 0.5) is 5.82 Å². The number of nitrogens with zero attached hydrogens (tertiary/aromatic N) is 3. The molecular weight excluding hydrogens is 260 g/mol. The monoisotopic (exact) mass is 278 g/mol. The minimum absolute atomic E-state index is 0.0999. The highest BCUT2D eigenvalue weighted by Crippen LogP contribution is 2.28. The van der Waals surface area contributed by atoms with Gasteiger partial charge in [0.15, 0.2) is 0 Å². The van der Waals surface area contributed by atoms with Crippen LogP contribution >= 0.6 is 11.8 Å². The van der Waals surface area contributed by atoms with E-state index in [0.29, 0.717) is 5.22 Å². The fourth-order valence-electron chi connectivity index (χ4n) is 1.43. The van der Waals surface area contributed by atoms with Gasteiger partial charge in [0.05, 0.1) is 6.20 Å². The lowest BCUT2D eigenvalue weighted by atomic mass is 9.96. The maximum Gasteiger partial charge on any atom is 0.261 e. The molecule has 0 spiro atoms. The molecule has 0 bridgehead atoms. The van der Waals surface area contributed by atoms with Crippen molar-refractivity contribution in [2.75, 3.05) is 11.9 Å². The molecule has 5 nitrogen and oxygen atoms in total. The van der Waals surface area contributed by atoms with Crippen LogP contribution in [-0.4, -0.2) is 21.5 Å². The first-order valence-electron chi connectivity index (χ1n) is 6.20. The zero-order valence-electron chi connectivity index (χ0n) is 11.6. The minimum Gasteiger partial charge on any atom is -0.440 e. The number of anilines is 1. The van der Waals surface area contributed by atoms with Crippen LogP contribution in [0.2, 0.25) is 0 Å². The predicted octanol–water partition coefficient (Wildman–Crippen LogP) is 3.35. The summed E-state index contributed by atoms with van der Waals surface area (Å²) in [7, 11) is 0. The van der Waals surface area contributed by atoms with E-state index in [2.05, 4.69) is 41.0 Å². The fourth-order valence-corrected chi connectivity index (χ4v) is 2.13. The van der Waals surface area contributed by atoms with Gasteiger partial charge in [0.1, 0.15) is 22.9 Å². The topological polar surface area (TPSA) is 63.8 Å². The normalized spacial score (nSPS) is 11.6. The van der Waals surface area contributed by atoms with E-state index in [4.69, 9.17) is 4.42 Å². The van der Waals surface area contributed by atoms with Crippen LogP contribution < -0.4 is 5.32 Å². The molecule has 2 aromatic heterocycles. The molecule has 6 heteroatoms. The van der Waals surface area contributed by atoms with Crippen molar-refractivity contribution in [3.05, 3.63) is 24.4 Å². The Morgan fingerprint density at radius 1 is 1.32 bits per heavy atom. The van der Waals surface area contributed by atoms with Crippen LogP contribution in [0.5, 0.6) is 0 Å². The predicted molar refractivity (Wildman–Crippen MR) is 75.5 cm³/mol. The lowest BCUT2D eigenvalue weighted by Gasteiger charge is -2.18. The summed E-state index contributed by atoms with van der Waals surface area (Å²) >= 11 is 1.40. The van der Waals surface area contributed by atoms with Gasteiger partial charge >= 0.3 is 0 Å². The number of nitrogens with one attached hydrogen (secondary N) is 1. The maximum atomic E-state index is 5.23. The minimum atomic E-state index is -0.0999. The fraction of sp³-hybridized carbons (Fsp3) is 0.462. The third-order valence-corrected chi connectivity index (χ3v) is 3.13. The number of oxazole rings is 1. The highest BCUT2D eigenvalue weighted by Gasteiger charge is 2.19. The largest absolute Gasteiger partial charge is 0.440 e. The molecule has 102 valence electrons. The van der Waals surface area contributed by atoms with Crippen molar-refractivity contribution >= 4 is 17.6 Å². The van der Waals surface area contributed by atoms with E-state index in [1.165, 1.54) is 11.8 Å². The molecule has 0 fully saturated rings. The number of hydrogen-bond donors (Lipinski definition) is 1. The zero-order valence-corrected chi connectivity index (χ0v) is 12.4. The molecule has 19 heavy (non-hydrogen) atoms. The van der Waals surface area contributed by atoms with Crippen molar-refractivity contribution < 1.29 is 4.42 Å². The molecule has 2 heterocycles. The molecule has 0 saturated carbocycles. The molecule has 2 aromatic rings. The summed E-state index contributed by atoms with van der Waals surface area (Å²) < 4.78 is 5.23. The molecule has 2 rings (SSSR count). The van der Waals surface area contributed by atoms with Crippen LogP contribution in [0.1, 0.15) is 33.5 Å². The van der Waals surface area contributed by atoms with Gasteiger partial charge in [0.25, 0.3) is 5.22 Å².